The summed E-state index contributed by atoms with van der Waals surface area (Å²) in [4.78, 5) is 0. The Morgan fingerprint density at radius 1 is 0.947 bits per heavy atom. The average molecular weight is 255 g/mol. The third kappa shape index (κ3) is 3.83. The maximum atomic E-state index is 9.53. The molecule has 0 aromatic heterocycles. The van der Waals surface area contributed by atoms with Gasteiger partial charge in [-0.25, -0.2) is 0 Å². The van der Waals surface area contributed by atoms with E-state index in [1.165, 1.54) is 5.56 Å². The predicted octanol–water partition coefficient (Wildman–Crippen LogP) is 3.28. The number of nitrogens with two attached hydrogens (primary N) is 1. The Bertz CT molecular complexity index is 524. The molecular formula is C17H21NO. The predicted molar refractivity (Wildman–Crippen MR) is 79.2 cm³/mol. The summed E-state index contributed by atoms with van der Waals surface area (Å²) in [6.07, 6.45) is 2.52. The van der Waals surface area contributed by atoms with Crippen LogP contribution in [0.4, 0.5) is 0 Å². The largest absolute Gasteiger partial charge is 0.508 e. The molecule has 0 heterocycles. The number of benzene rings is 2. The number of hydrogen-bond acceptors (Lipinski definition) is 2. The van der Waals surface area contributed by atoms with Crippen molar-refractivity contribution in [1.29, 1.82) is 0 Å². The van der Waals surface area contributed by atoms with E-state index in [4.69, 9.17) is 5.73 Å². The number of phenolic OH excluding ortho intramolecular Hbond substituents is 1. The lowest BCUT2D eigenvalue weighted by atomic mass is 9.83. The topological polar surface area (TPSA) is 46.2 Å². The van der Waals surface area contributed by atoms with Crippen molar-refractivity contribution in [3.8, 4) is 5.75 Å². The van der Waals surface area contributed by atoms with Crippen molar-refractivity contribution in [1.82, 2.24) is 0 Å². The van der Waals surface area contributed by atoms with Crippen molar-refractivity contribution >= 4 is 0 Å². The monoisotopic (exact) mass is 255 g/mol. The van der Waals surface area contributed by atoms with Gasteiger partial charge in [-0.3, -0.25) is 0 Å². The van der Waals surface area contributed by atoms with Gasteiger partial charge in [-0.05, 0) is 42.5 Å². The van der Waals surface area contributed by atoms with Crippen LogP contribution in [0.1, 0.15) is 24.5 Å². The number of rotatable bonds is 5. The van der Waals surface area contributed by atoms with Crippen LogP contribution in [-0.4, -0.2) is 10.6 Å². The van der Waals surface area contributed by atoms with Crippen molar-refractivity contribution in [2.24, 2.45) is 5.73 Å². The molecule has 0 fully saturated rings. The van der Waals surface area contributed by atoms with E-state index in [1.807, 2.05) is 30.3 Å². The number of hydrogen-bond donors (Lipinski definition) is 2. The quantitative estimate of drug-likeness (QED) is 0.861. The molecule has 2 nitrogen and oxygen atoms in total. The van der Waals surface area contributed by atoms with Crippen LogP contribution in [0.5, 0.6) is 5.75 Å². The highest BCUT2D eigenvalue weighted by Gasteiger charge is 2.23. The lowest BCUT2D eigenvalue weighted by Crippen LogP contribution is -2.43. The van der Waals surface area contributed by atoms with Gasteiger partial charge >= 0.3 is 0 Å². The van der Waals surface area contributed by atoms with Gasteiger partial charge in [-0.1, -0.05) is 49.4 Å². The third-order valence-corrected chi connectivity index (χ3v) is 3.57. The molecule has 2 aromatic rings. The zero-order chi connectivity index (χ0) is 13.7. The van der Waals surface area contributed by atoms with Gasteiger partial charge in [-0.15, -0.1) is 0 Å². The molecule has 0 amide bonds. The Kier molecular flexibility index (Phi) is 4.23. The molecular weight excluding hydrogens is 234 g/mol. The van der Waals surface area contributed by atoms with Gasteiger partial charge in [0.05, 0.1) is 0 Å². The molecule has 0 aliphatic carbocycles. The van der Waals surface area contributed by atoms with E-state index in [0.717, 1.165) is 24.8 Å². The van der Waals surface area contributed by atoms with E-state index in [0.29, 0.717) is 5.75 Å². The smallest absolute Gasteiger partial charge is 0.115 e. The van der Waals surface area contributed by atoms with E-state index >= 15 is 0 Å². The van der Waals surface area contributed by atoms with Gasteiger partial charge in [-0.2, -0.15) is 0 Å². The van der Waals surface area contributed by atoms with Gasteiger partial charge in [0.25, 0.3) is 0 Å². The summed E-state index contributed by atoms with van der Waals surface area (Å²) in [7, 11) is 0. The van der Waals surface area contributed by atoms with E-state index in [9.17, 15) is 5.11 Å². The fourth-order valence-corrected chi connectivity index (χ4v) is 2.39. The first-order valence-electron chi connectivity index (χ1n) is 6.72. The second-order valence-corrected chi connectivity index (χ2v) is 5.22. The average Bonchev–Trinajstić information content (AvgIpc) is 2.40. The van der Waals surface area contributed by atoms with E-state index < -0.39 is 0 Å². The molecule has 2 rings (SSSR count). The highest BCUT2D eigenvalue weighted by molar-refractivity contribution is 5.29. The summed E-state index contributed by atoms with van der Waals surface area (Å²) in [5.74, 6) is 0.302. The van der Waals surface area contributed by atoms with Crippen LogP contribution in [0.25, 0.3) is 0 Å². The molecule has 2 aromatic carbocycles. The van der Waals surface area contributed by atoms with Crippen LogP contribution >= 0.6 is 0 Å². The van der Waals surface area contributed by atoms with E-state index in [-0.39, 0.29) is 5.54 Å². The summed E-state index contributed by atoms with van der Waals surface area (Å²) in [6, 6.07) is 17.7. The second kappa shape index (κ2) is 5.89. The van der Waals surface area contributed by atoms with Crippen LogP contribution < -0.4 is 5.73 Å². The van der Waals surface area contributed by atoms with E-state index in [2.05, 4.69) is 19.1 Å². The minimum absolute atomic E-state index is 0.269. The number of aromatic hydroxyl groups is 1. The molecule has 2 heteroatoms. The minimum Gasteiger partial charge on any atom is -0.508 e. The second-order valence-electron chi connectivity index (χ2n) is 5.22. The summed E-state index contributed by atoms with van der Waals surface area (Å²) >= 11 is 0. The Morgan fingerprint density at radius 3 is 2.21 bits per heavy atom. The van der Waals surface area contributed by atoms with Gasteiger partial charge in [0.15, 0.2) is 0 Å². The summed E-state index contributed by atoms with van der Waals surface area (Å²) in [5.41, 5.74) is 8.60. The van der Waals surface area contributed by atoms with Crippen LogP contribution in [0.2, 0.25) is 0 Å². The normalized spacial score (nSPS) is 14.0. The Labute approximate surface area is 114 Å². The molecule has 0 saturated heterocycles. The van der Waals surface area contributed by atoms with Crippen molar-refractivity contribution < 1.29 is 5.11 Å². The minimum atomic E-state index is -0.269. The molecule has 0 radical (unpaired) electrons. The molecule has 1 atom stereocenters. The van der Waals surface area contributed by atoms with Crippen molar-refractivity contribution in [3.05, 3.63) is 65.7 Å². The van der Waals surface area contributed by atoms with Crippen LogP contribution in [0.15, 0.2) is 54.6 Å². The van der Waals surface area contributed by atoms with Gasteiger partial charge < -0.3 is 10.8 Å². The fourth-order valence-electron chi connectivity index (χ4n) is 2.39. The highest BCUT2D eigenvalue weighted by Crippen LogP contribution is 2.22. The fraction of sp³-hybridized carbons (Fsp3) is 0.294. The maximum absolute atomic E-state index is 9.53. The zero-order valence-electron chi connectivity index (χ0n) is 11.3. The van der Waals surface area contributed by atoms with Gasteiger partial charge in [0, 0.05) is 5.54 Å². The van der Waals surface area contributed by atoms with Crippen LogP contribution in [-0.2, 0) is 12.8 Å². The van der Waals surface area contributed by atoms with Gasteiger partial charge in [0.1, 0.15) is 5.75 Å². The molecule has 3 N–H and O–H groups in total. The van der Waals surface area contributed by atoms with Crippen LogP contribution in [0.3, 0.4) is 0 Å². The first kappa shape index (κ1) is 13.6. The van der Waals surface area contributed by atoms with E-state index in [1.54, 1.807) is 12.1 Å². The zero-order valence-corrected chi connectivity index (χ0v) is 11.3. The van der Waals surface area contributed by atoms with Crippen molar-refractivity contribution in [3.63, 3.8) is 0 Å². The van der Waals surface area contributed by atoms with Crippen LogP contribution in [0, 0.1) is 0 Å². The Hall–Kier alpha value is -1.80. The lowest BCUT2D eigenvalue weighted by Gasteiger charge is -2.28. The molecule has 0 aliphatic heterocycles. The summed E-state index contributed by atoms with van der Waals surface area (Å²) < 4.78 is 0. The maximum Gasteiger partial charge on any atom is 0.115 e. The highest BCUT2D eigenvalue weighted by atomic mass is 16.3. The molecule has 0 aliphatic rings. The molecule has 0 bridgehead atoms. The molecule has 0 saturated carbocycles. The van der Waals surface area contributed by atoms with Crippen molar-refractivity contribution in [2.45, 2.75) is 31.7 Å². The first-order chi connectivity index (χ1) is 9.11. The van der Waals surface area contributed by atoms with Gasteiger partial charge in [0.2, 0.25) is 0 Å². The molecule has 0 spiro atoms. The SMILES string of the molecule is CCC(N)(Cc1ccccc1)Cc1cccc(O)c1. The summed E-state index contributed by atoms with van der Waals surface area (Å²) in [6.45, 7) is 2.12. The number of phenols is 1. The molecule has 19 heavy (non-hydrogen) atoms. The Morgan fingerprint density at radius 2 is 1.58 bits per heavy atom. The Balaban J connectivity index is 2.14. The molecule has 1 unspecified atom stereocenters. The lowest BCUT2D eigenvalue weighted by molar-refractivity contribution is 0.403. The van der Waals surface area contributed by atoms with Crippen molar-refractivity contribution in [2.75, 3.05) is 0 Å². The molecule has 100 valence electrons. The third-order valence-electron chi connectivity index (χ3n) is 3.57. The first-order valence-corrected chi connectivity index (χ1v) is 6.72. The summed E-state index contributed by atoms with van der Waals surface area (Å²) in [5, 5.41) is 9.53. The standard InChI is InChI=1S/C17H21NO/c1-2-17(18,12-14-7-4-3-5-8-14)13-15-9-6-10-16(19)11-15/h3-11,19H,2,12-13,18H2,1H3.